The minimum absolute atomic E-state index is 0.115. The van der Waals surface area contributed by atoms with E-state index in [-0.39, 0.29) is 23.8 Å². The third kappa shape index (κ3) is 7.17. The van der Waals surface area contributed by atoms with Gasteiger partial charge in [0.2, 0.25) is 10.0 Å². The summed E-state index contributed by atoms with van der Waals surface area (Å²) in [7, 11) is -3.48. The van der Waals surface area contributed by atoms with Gasteiger partial charge in [-0.05, 0) is 42.5 Å². The molecule has 2 aromatic carbocycles. The van der Waals surface area contributed by atoms with Crippen LogP contribution in [0, 0.1) is 0 Å². The summed E-state index contributed by atoms with van der Waals surface area (Å²) in [4.78, 5) is 24.1. The molecule has 1 aliphatic rings. The molecule has 0 atom stereocenters. The number of hydrogen-bond acceptors (Lipinski definition) is 5. The van der Waals surface area contributed by atoms with Crippen molar-refractivity contribution < 1.29 is 22.7 Å². The number of carbonyl (C=O) groups is 2. The zero-order valence-electron chi connectivity index (χ0n) is 18.2. The summed E-state index contributed by atoms with van der Waals surface area (Å²) in [5.41, 5.74) is 1.80. The Hall–Kier alpha value is -2.71. The van der Waals surface area contributed by atoms with Crippen LogP contribution in [0.4, 0.5) is 0 Å². The molecule has 32 heavy (non-hydrogen) atoms. The first-order chi connectivity index (χ1) is 15.4. The summed E-state index contributed by atoms with van der Waals surface area (Å²) in [6.45, 7) is 1.19. The Kier molecular flexibility index (Phi) is 8.81. The predicted octanol–water partition coefficient (Wildman–Crippen LogP) is 3.04. The van der Waals surface area contributed by atoms with Crippen molar-refractivity contribution in [2.24, 2.45) is 0 Å². The third-order valence-electron chi connectivity index (χ3n) is 5.44. The molecular formula is C24H30N2O5S. The number of ether oxygens (including phenoxy) is 1. The Balaban J connectivity index is 1.41. The molecule has 7 nitrogen and oxygen atoms in total. The number of benzene rings is 2. The number of nitrogens with zero attached hydrogens (tertiary/aromatic N) is 1. The first-order valence-electron chi connectivity index (χ1n) is 11.0. The topological polar surface area (TPSA) is 92.8 Å². The molecule has 0 radical (unpaired) electrons. The van der Waals surface area contributed by atoms with Gasteiger partial charge in [-0.25, -0.2) is 8.42 Å². The van der Waals surface area contributed by atoms with Crippen molar-refractivity contribution in [2.45, 2.75) is 50.0 Å². The molecule has 1 N–H and O–H groups in total. The lowest BCUT2D eigenvalue weighted by molar-refractivity contribution is -0.148. The Morgan fingerprint density at radius 2 is 1.53 bits per heavy atom. The van der Waals surface area contributed by atoms with Gasteiger partial charge in [0.15, 0.2) is 6.61 Å². The highest BCUT2D eigenvalue weighted by atomic mass is 32.2. The summed E-state index contributed by atoms with van der Waals surface area (Å²) < 4.78 is 32.2. The number of nitrogens with one attached hydrogen (secondary N) is 1. The van der Waals surface area contributed by atoms with Crippen LogP contribution < -0.4 is 5.32 Å². The summed E-state index contributed by atoms with van der Waals surface area (Å²) >= 11 is 0. The van der Waals surface area contributed by atoms with E-state index < -0.39 is 16.0 Å². The van der Waals surface area contributed by atoms with Gasteiger partial charge in [-0.1, -0.05) is 55.3 Å². The number of amides is 1. The van der Waals surface area contributed by atoms with Crippen LogP contribution in [-0.4, -0.2) is 44.3 Å². The van der Waals surface area contributed by atoms with Gasteiger partial charge in [-0.2, -0.15) is 4.31 Å². The van der Waals surface area contributed by atoms with Crippen LogP contribution in [0.5, 0.6) is 0 Å². The van der Waals surface area contributed by atoms with Crippen LogP contribution in [0.1, 0.15) is 43.2 Å². The molecule has 0 bridgehead atoms. The summed E-state index contributed by atoms with van der Waals surface area (Å²) in [6, 6.07) is 16.1. The van der Waals surface area contributed by atoms with Crippen LogP contribution in [0.25, 0.3) is 0 Å². The molecule has 3 rings (SSSR count). The van der Waals surface area contributed by atoms with E-state index in [9.17, 15) is 18.0 Å². The van der Waals surface area contributed by atoms with Gasteiger partial charge < -0.3 is 10.1 Å². The van der Waals surface area contributed by atoms with Crippen LogP contribution >= 0.6 is 0 Å². The second-order valence-corrected chi connectivity index (χ2v) is 9.82. The van der Waals surface area contributed by atoms with Crippen molar-refractivity contribution in [2.75, 3.05) is 19.7 Å². The van der Waals surface area contributed by atoms with E-state index in [4.69, 9.17) is 4.74 Å². The van der Waals surface area contributed by atoms with E-state index in [1.807, 2.05) is 30.3 Å². The second-order valence-electron chi connectivity index (χ2n) is 7.89. The van der Waals surface area contributed by atoms with Crippen LogP contribution in [0.2, 0.25) is 0 Å². The summed E-state index contributed by atoms with van der Waals surface area (Å²) in [5.74, 6) is -0.827. The molecule has 0 aliphatic carbocycles. The highest BCUT2D eigenvalue weighted by Gasteiger charge is 2.24. The van der Waals surface area contributed by atoms with Gasteiger partial charge in [0.25, 0.3) is 5.91 Å². The molecule has 172 valence electrons. The van der Waals surface area contributed by atoms with Crippen molar-refractivity contribution in [3.8, 4) is 0 Å². The summed E-state index contributed by atoms with van der Waals surface area (Å²) in [5, 5.41) is 2.70. The van der Waals surface area contributed by atoms with Crippen LogP contribution in [0.3, 0.4) is 0 Å². The van der Waals surface area contributed by atoms with Crippen molar-refractivity contribution in [3.63, 3.8) is 0 Å². The monoisotopic (exact) mass is 458 g/mol. The van der Waals surface area contributed by atoms with Crippen molar-refractivity contribution in [1.29, 1.82) is 0 Å². The lowest BCUT2D eigenvalue weighted by atomic mass is 10.1. The molecule has 1 fully saturated rings. The fraction of sp³-hybridized carbons (Fsp3) is 0.417. The van der Waals surface area contributed by atoms with E-state index in [1.165, 1.54) is 0 Å². The minimum Gasteiger partial charge on any atom is -0.456 e. The number of rotatable bonds is 9. The molecule has 1 amide bonds. The van der Waals surface area contributed by atoms with Crippen LogP contribution in [-0.2, 0) is 37.3 Å². The Morgan fingerprint density at radius 1 is 0.875 bits per heavy atom. The molecule has 1 aliphatic heterocycles. The van der Waals surface area contributed by atoms with Gasteiger partial charge in [0.1, 0.15) is 0 Å². The molecule has 8 heteroatoms. The summed E-state index contributed by atoms with van der Waals surface area (Å²) in [6.07, 6.45) is 4.44. The zero-order valence-corrected chi connectivity index (χ0v) is 19.0. The first kappa shape index (κ1) is 23.9. The van der Waals surface area contributed by atoms with E-state index in [1.54, 1.807) is 28.6 Å². The van der Waals surface area contributed by atoms with Crippen LogP contribution in [0.15, 0.2) is 59.5 Å². The van der Waals surface area contributed by atoms with Gasteiger partial charge in [0.05, 0.1) is 4.90 Å². The first-order valence-corrected chi connectivity index (χ1v) is 12.4. The van der Waals surface area contributed by atoms with Crippen molar-refractivity contribution >= 4 is 21.9 Å². The zero-order chi connectivity index (χ0) is 22.8. The molecule has 2 aromatic rings. The highest BCUT2D eigenvalue weighted by molar-refractivity contribution is 7.89. The predicted molar refractivity (Wildman–Crippen MR) is 121 cm³/mol. The Labute approximate surface area is 189 Å². The molecule has 0 unspecified atom stereocenters. The quantitative estimate of drug-likeness (QED) is 0.583. The van der Waals surface area contributed by atoms with Crippen molar-refractivity contribution in [3.05, 3.63) is 65.7 Å². The molecular weight excluding hydrogens is 428 g/mol. The van der Waals surface area contributed by atoms with E-state index >= 15 is 0 Å². The number of carbonyl (C=O) groups excluding carboxylic acids is 2. The maximum atomic E-state index is 12.8. The minimum atomic E-state index is -3.48. The largest absolute Gasteiger partial charge is 0.456 e. The number of esters is 1. The third-order valence-corrected chi connectivity index (χ3v) is 7.35. The van der Waals surface area contributed by atoms with E-state index in [0.717, 1.165) is 36.8 Å². The molecule has 0 spiro atoms. The molecule has 1 heterocycles. The molecule has 0 aromatic heterocycles. The van der Waals surface area contributed by atoms with Gasteiger partial charge in [0, 0.05) is 26.1 Å². The smallest absolute Gasteiger partial charge is 0.306 e. The normalized spacial score (nSPS) is 15.0. The standard InChI is InChI=1S/C24H30N2O5S/c27-23(25-18-21-8-4-3-5-9-21)19-31-24(28)15-12-20-10-13-22(14-11-20)32(29,30)26-16-6-1-2-7-17-26/h3-5,8-11,13-14H,1-2,6-7,12,15-19H2,(H,25,27). The average Bonchev–Trinajstić information content (AvgIpc) is 3.11. The lowest BCUT2D eigenvalue weighted by Gasteiger charge is -2.20. The van der Waals surface area contributed by atoms with Gasteiger partial charge in [-0.15, -0.1) is 0 Å². The number of hydrogen-bond donors (Lipinski definition) is 1. The number of aryl methyl sites for hydroxylation is 1. The average molecular weight is 459 g/mol. The molecule has 0 saturated carbocycles. The van der Waals surface area contributed by atoms with Crippen molar-refractivity contribution in [1.82, 2.24) is 9.62 Å². The van der Waals surface area contributed by atoms with E-state index in [0.29, 0.717) is 26.1 Å². The number of sulfonamides is 1. The Bertz CT molecular complexity index is 983. The Morgan fingerprint density at radius 3 is 2.19 bits per heavy atom. The van der Waals surface area contributed by atoms with E-state index in [2.05, 4.69) is 5.32 Å². The fourth-order valence-electron chi connectivity index (χ4n) is 3.57. The van der Waals surface area contributed by atoms with Gasteiger partial charge >= 0.3 is 5.97 Å². The molecule has 1 saturated heterocycles. The fourth-order valence-corrected chi connectivity index (χ4v) is 5.09. The highest BCUT2D eigenvalue weighted by Crippen LogP contribution is 2.21. The lowest BCUT2D eigenvalue weighted by Crippen LogP contribution is -2.31. The maximum Gasteiger partial charge on any atom is 0.306 e. The van der Waals surface area contributed by atoms with Gasteiger partial charge in [-0.3, -0.25) is 9.59 Å². The maximum absolute atomic E-state index is 12.8. The second kappa shape index (κ2) is 11.8. The SMILES string of the molecule is O=C(COC(=O)CCc1ccc(S(=O)(=O)N2CCCCCC2)cc1)NCc1ccccc1.